The lowest BCUT2D eigenvalue weighted by molar-refractivity contribution is 0.0686. The smallest absolute Gasteiger partial charge is 0.359 e. The van der Waals surface area contributed by atoms with Crippen LogP contribution < -0.4 is 0 Å². The van der Waals surface area contributed by atoms with Gasteiger partial charge in [0.15, 0.2) is 5.76 Å². The summed E-state index contributed by atoms with van der Waals surface area (Å²) in [7, 11) is 0. The summed E-state index contributed by atoms with van der Waals surface area (Å²) in [4.78, 5) is 10.5. The first-order valence-corrected chi connectivity index (χ1v) is 4.27. The number of aromatic nitrogens is 1. The van der Waals surface area contributed by atoms with Gasteiger partial charge in [-0.25, -0.2) is 4.79 Å². The summed E-state index contributed by atoms with van der Waals surface area (Å²) in [6.45, 7) is 3.97. The zero-order chi connectivity index (χ0) is 10.0. The number of carbonyl (C=O) groups is 1. The summed E-state index contributed by atoms with van der Waals surface area (Å²) in [5.74, 6) is -0.370. The SMILES string of the molecule is CC(C)Cc1onc(C(=O)O)c1Cl. The average Bonchev–Trinajstić information content (AvgIpc) is 2.32. The van der Waals surface area contributed by atoms with Gasteiger partial charge < -0.3 is 9.63 Å². The molecule has 1 aromatic rings. The van der Waals surface area contributed by atoms with Gasteiger partial charge in [0, 0.05) is 6.42 Å². The number of aromatic carboxylic acids is 1. The molecule has 0 saturated carbocycles. The van der Waals surface area contributed by atoms with Crippen LogP contribution in [-0.4, -0.2) is 16.2 Å². The largest absolute Gasteiger partial charge is 0.476 e. The summed E-state index contributed by atoms with van der Waals surface area (Å²) in [5.41, 5.74) is -0.211. The van der Waals surface area contributed by atoms with Gasteiger partial charge in [0.2, 0.25) is 5.69 Å². The fourth-order valence-corrected chi connectivity index (χ4v) is 1.17. The molecule has 4 nitrogen and oxygen atoms in total. The molecule has 1 heterocycles. The number of carboxylic acids is 1. The number of nitrogens with zero attached hydrogens (tertiary/aromatic N) is 1. The van der Waals surface area contributed by atoms with Gasteiger partial charge in [0.1, 0.15) is 5.02 Å². The molecule has 0 fully saturated rings. The summed E-state index contributed by atoms with van der Waals surface area (Å²) in [6, 6.07) is 0. The quantitative estimate of drug-likeness (QED) is 0.818. The van der Waals surface area contributed by atoms with Gasteiger partial charge in [-0.1, -0.05) is 30.6 Å². The molecule has 0 saturated heterocycles. The predicted molar refractivity (Wildman–Crippen MR) is 47.0 cm³/mol. The van der Waals surface area contributed by atoms with E-state index < -0.39 is 5.97 Å². The van der Waals surface area contributed by atoms with Crippen LogP contribution in [0.1, 0.15) is 30.1 Å². The maximum absolute atomic E-state index is 10.5. The van der Waals surface area contributed by atoms with Crippen LogP contribution in [0.5, 0.6) is 0 Å². The third kappa shape index (κ3) is 2.21. The molecule has 0 aliphatic carbocycles. The number of carboxylic acid groups (broad SMARTS) is 1. The van der Waals surface area contributed by atoms with Crippen molar-refractivity contribution < 1.29 is 14.4 Å². The molecule has 0 spiro atoms. The molecular weight excluding hydrogens is 194 g/mol. The molecule has 13 heavy (non-hydrogen) atoms. The molecule has 72 valence electrons. The maximum atomic E-state index is 10.5. The van der Waals surface area contributed by atoms with Crippen LogP contribution in [-0.2, 0) is 6.42 Å². The number of hydrogen-bond acceptors (Lipinski definition) is 3. The van der Waals surface area contributed by atoms with Crippen LogP contribution in [0.25, 0.3) is 0 Å². The van der Waals surface area contributed by atoms with E-state index in [1.807, 2.05) is 13.8 Å². The Balaban J connectivity index is 2.93. The third-order valence-electron chi connectivity index (χ3n) is 1.50. The molecule has 0 aliphatic heterocycles. The monoisotopic (exact) mass is 203 g/mol. The van der Waals surface area contributed by atoms with Crippen molar-refractivity contribution in [2.75, 3.05) is 0 Å². The Labute approximate surface area is 80.5 Å². The lowest BCUT2D eigenvalue weighted by atomic mass is 10.1. The van der Waals surface area contributed by atoms with Crippen molar-refractivity contribution in [1.82, 2.24) is 5.16 Å². The van der Waals surface area contributed by atoms with Crippen molar-refractivity contribution >= 4 is 17.6 Å². The highest BCUT2D eigenvalue weighted by Gasteiger charge is 2.19. The van der Waals surface area contributed by atoms with E-state index in [9.17, 15) is 4.79 Å². The van der Waals surface area contributed by atoms with Crippen molar-refractivity contribution in [3.63, 3.8) is 0 Å². The van der Waals surface area contributed by atoms with Crippen molar-refractivity contribution in [3.8, 4) is 0 Å². The molecule has 0 bridgehead atoms. The Kier molecular flexibility index (Phi) is 2.93. The van der Waals surface area contributed by atoms with Crippen LogP contribution in [0.2, 0.25) is 5.02 Å². The average molecular weight is 204 g/mol. The number of hydrogen-bond donors (Lipinski definition) is 1. The minimum Gasteiger partial charge on any atom is -0.476 e. The first-order chi connectivity index (χ1) is 6.02. The van der Waals surface area contributed by atoms with Crippen molar-refractivity contribution in [2.24, 2.45) is 5.92 Å². The Morgan fingerprint density at radius 3 is 2.69 bits per heavy atom. The van der Waals surface area contributed by atoms with Crippen molar-refractivity contribution in [1.29, 1.82) is 0 Å². The van der Waals surface area contributed by atoms with Crippen LogP contribution >= 0.6 is 11.6 Å². The van der Waals surface area contributed by atoms with Crippen LogP contribution in [0.3, 0.4) is 0 Å². The highest BCUT2D eigenvalue weighted by atomic mass is 35.5. The highest BCUT2D eigenvalue weighted by Crippen LogP contribution is 2.23. The minimum atomic E-state index is -1.16. The molecule has 0 aromatic carbocycles. The molecule has 0 amide bonds. The minimum absolute atomic E-state index is 0.112. The first-order valence-electron chi connectivity index (χ1n) is 3.89. The fourth-order valence-electron chi connectivity index (χ4n) is 0.944. The zero-order valence-electron chi connectivity index (χ0n) is 7.37. The molecule has 0 aliphatic rings. The fraction of sp³-hybridized carbons (Fsp3) is 0.500. The summed E-state index contributed by atoms with van der Waals surface area (Å²) < 4.78 is 4.80. The molecule has 1 aromatic heterocycles. The van der Waals surface area contributed by atoms with Crippen LogP contribution in [0.4, 0.5) is 0 Å². The molecule has 0 unspecified atom stereocenters. The first kappa shape index (κ1) is 10.1. The summed E-state index contributed by atoms with van der Waals surface area (Å²) in [6.07, 6.45) is 0.596. The molecule has 5 heteroatoms. The number of halogens is 1. The number of rotatable bonds is 3. The van der Waals surface area contributed by atoms with E-state index in [2.05, 4.69) is 5.16 Å². The Hall–Kier alpha value is -1.03. The van der Waals surface area contributed by atoms with E-state index in [0.717, 1.165) is 0 Å². The van der Waals surface area contributed by atoms with Gasteiger partial charge >= 0.3 is 5.97 Å². The van der Waals surface area contributed by atoms with Gasteiger partial charge in [-0.3, -0.25) is 0 Å². The van der Waals surface area contributed by atoms with E-state index in [4.69, 9.17) is 21.2 Å². The van der Waals surface area contributed by atoms with Crippen LogP contribution in [0.15, 0.2) is 4.52 Å². The normalized spacial score (nSPS) is 10.8. The van der Waals surface area contributed by atoms with Gasteiger partial charge in [0.25, 0.3) is 0 Å². The molecule has 0 radical (unpaired) electrons. The van der Waals surface area contributed by atoms with Gasteiger partial charge in [-0.05, 0) is 5.92 Å². The maximum Gasteiger partial charge on any atom is 0.359 e. The molecule has 1 rings (SSSR count). The standard InChI is InChI=1S/C8H10ClNO3/c1-4(2)3-5-6(9)7(8(11)12)10-13-5/h4H,3H2,1-2H3,(H,11,12). The van der Waals surface area contributed by atoms with Gasteiger partial charge in [-0.2, -0.15) is 0 Å². The van der Waals surface area contributed by atoms with Crippen molar-refractivity contribution in [3.05, 3.63) is 16.5 Å². The Morgan fingerprint density at radius 2 is 2.31 bits per heavy atom. The zero-order valence-corrected chi connectivity index (χ0v) is 8.13. The van der Waals surface area contributed by atoms with E-state index >= 15 is 0 Å². The van der Waals surface area contributed by atoms with E-state index in [-0.39, 0.29) is 10.7 Å². The summed E-state index contributed by atoms with van der Waals surface area (Å²) in [5, 5.41) is 12.1. The molecule has 1 N–H and O–H groups in total. The lowest BCUT2D eigenvalue weighted by Gasteiger charge is -1.98. The Morgan fingerprint density at radius 1 is 1.69 bits per heavy atom. The Bertz CT molecular complexity index is 319. The second kappa shape index (κ2) is 3.79. The predicted octanol–water partition coefficient (Wildman–Crippen LogP) is 2.22. The second-order valence-electron chi connectivity index (χ2n) is 3.17. The molecular formula is C8H10ClNO3. The summed E-state index contributed by atoms with van der Waals surface area (Å²) >= 11 is 5.73. The van der Waals surface area contributed by atoms with Gasteiger partial charge in [-0.15, -0.1) is 0 Å². The molecule has 0 atom stereocenters. The van der Waals surface area contributed by atoms with Crippen LogP contribution in [0, 0.1) is 5.92 Å². The highest BCUT2D eigenvalue weighted by molar-refractivity contribution is 6.33. The van der Waals surface area contributed by atoms with E-state index in [0.29, 0.717) is 18.1 Å². The third-order valence-corrected chi connectivity index (χ3v) is 1.89. The topological polar surface area (TPSA) is 63.3 Å². The van der Waals surface area contributed by atoms with E-state index in [1.54, 1.807) is 0 Å². The second-order valence-corrected chi connectivity index (χ2v) is 3.55. The van der Waals surface area contributed by atoms with Gasteiger partial charge in [0.05, 0.1) is 0 Å². The lowest BCUT2D eigenvalue weighted by Crippen LogP contribution is -1.97. The van der Waals surface area contributed by atoms with E-state index in [1.165, 1.54) is 0 Å². The van der Waals surface area contributed by atoms with Crippen molar-refractivity contribution in [2.45, 2.75) is 20.3 Å².